The van der Waals surface area contributed by atoms with Crippen molar-refractivity contribution < 1.29 is 38.4 Å². The van der Waals surface area contributed by atoms with Crippen LogP contribution in [0.25, 0.3) is 0 Å². The molecule has 2 N–H and O–H groups in total. The molecule has 0 heterocycles. The highest BCUT2D eigenvalue weighted by atomic mass is 16.5. The maximum atomic E-state index is 12.3. The molecule has 9 heteroatoms. The Morgan fingerprint density at radius 1 is 0.893 bits per heavy atom. The molecule has 0 aromatic heterocycles. The molecule has 0 unspecified atom stereocenters. The summed E-state index contributed by atoms with van der Waals surface area (Å²) in [7, 11) is 5.71. The minimum absolute atomic E-state index is 0.0338. The van der Waals surface area contributed by atoms with Crippen LogP contribution in [0.3, 0.4) is 0 Å². The van der Waals surface area contributed by atoms with Gasteiger partial charge >= 0.3 is 5.97 Å². The largest absolute Gasteiger partial charge is 0.497 e. The van der Waals surface area contributed by atoms with Crippen LogP contribution in [0, 0.1) is 0 Å². The fraction of sp³-hybridized carbons (Fsp3) is 0.263. The number of carbonyl (C=O) groups is 2. The van der Waals surface area contributed by atoms with Crippen molar-refractivity contribution in [2.24, 2.45) is 0 Å². The third-order valence-electron chi connectivity index (χ3n) is 3.74. The van der Waals surface area contributed by atoms with Gasteiger partial charge in [-0.25, -0.2) is 4.79 Å². The molecule has 0 radical (unpaired) electrons. The van der Waals surface area contributed by atoms with E-state index in [1.165, 1.54) is 40.6 Å². The zero-order valence-electron chi connectivity index (χ0n) is 15.9. The quantitative estimate of drug-likeness (QED) is 0.670. The van der Waals surface area contributed by atoms with E-state index in [4.69, 9.17) is 28.8 Å². The second-order valence-corrected chi connectivity index (χ2v) is 5.42. The molecule has 0 bridgehead atoms. The Labute approximate surface area is 161 Å². The molecule has 0 aliphatic heterocycles. The van der Waals surface area contributed by atoms with Gasteiger partial charge in [0.1, 0.15) is 11.5 Å². The summed E-state index contributed by atoms with van der Waals surface area (Å²) in [6.45, 7) is -0.367. The summed E-state index contributed by atoms with van der Waals surface area (Å²) in [5, 5.41) is 11.8. The van der Waals surface area contributed by atoms with Crippen molar-refractivity contribution in [1.82, 2.24) is 0 Å². The molecule has 2 aromatic carbocycles. The summed E-state index contributed by atoms with van der Waals surface area (Å²) in [5.74, 6) is -0.222. The average Bonchev–Trinajstić information content (AvgIpc) is 2.71. The summed E-state index contributed by atoms with van der Waals surface area (Å²) in [6, 6.07) is 7.51. The van der Waals surface area contributed by atoms with Crippen LogP contribution in [0.5, 0.6) is 28.7 Å². The minimum Gasteiger partial charge on any atom is -0.497 e. The predicted octanol–water partition coefficient (Wildman–Crippen LogP) is 2.44. The van der Waals surface area contributed by atoms with E-state index in [0.29, 0.717) is 17.2 Å². The van der Waals surface area contributed by atoms with Crippen LogP contribution in [0.15, 0.2) is 30.3 Å². The molecule has 0 aliphatic rings. The van der Waals surface area contributed by atoms with Crippen LogP contribution in [0.2, 0.25) is 0 Å². The molecule has 2 rings (SSSR count). The van der Waals surface area contributed by atoms with Gasteiger partial charge < -0.3 is 34.1 Å². The molecule has 0 saturated heterocycles. The molecule has 0 fully saturated rings. The number of hydrogen-bond acceptors (Lipinski definition) is 7. The highest BCUT2D eigenvalue weighted by Crippen LogP contribution is 2.38. The van der Waals surface area contributed by atoms with Gasteiger partial charge in [0.05, 0.1) is 39.7 Å². The molecule has 0 aliphatic carbocycles. The summed E-state index contributed by atoms with van der Waals surface area (Å²) < 4.78 is 26.2. The Morgan fingerprint density at radius 3 is 2.00 bits per heavy atom. The monoisotopic (exact) mass is 391 g/mol. The van der Waals surface area contributed by atoms with E-state index >= 15 is 0 Å². The molecule has 0 atom stereocenters. The third kappa shape index (κ3) is 4.76. The van der Waals surface area contributed by atoms with E-state index in [9.17, 15) is 9.59 Å². The van der Waals surface area contributed by atoms with Crippen molar-refractivity contribution in [3.63, 3.8) is 0 Å². The van der Waals surface area contributed by atoms with Crippen LogP contribution in [-0.2, 0) is 4.79 Å². The molecule has 28 heavy (non-hydrogen) atoms. The summed E-state index contributed by atoms with van der Waals surface area (Å²) >= 11 is 0. The van der Waals surface area contributed by atoms with Gasteiger partial charge in [0.25, 0.3) is 5.91 Å². The summed E-state index contributed by atoms with van der Waals surface area (Å²) in [4.78, 5) is 23.5. The number of carbonyl (C=O) groups excluding carboxylic acids is 1. The zero-order valence-corrected chi connectivity index (χ0v) is 15.9. The number of anilines is 1. The molecule has 2 aromatic rings. The Hall–Kier alpha value is -3.62. The average molecular weight is 391 g/mol. The van der Waals surface area contributed by atoms with Crippen molar-refractivity contribution >= 4 is 17.6 Å². The molecular weight excluding hydrogens is 370 g/mol. The number of ether oxygens (including phenoxy) is 5. The van der Waals surface area contributed by atoms with E-state index in [1.54, 1.807) is 18.2 Å². The first-order valence-electron chi connectivity index (χ1n) is 8.07. The second-order valence-electron chi connectivity index (χ2n) is 5.42. The lowest BCUT2D eigenvalue weighted by molar-refractivity contribution is -0.118. The summed E-state index contributed by atoms with van der Waals surface area (Å²) in [6.07, 6.45) is 0. The zero-order chi connectivity index (χ0) is 20.7. The van der Waals surface area contributed by atoms with Crippen molar-refractivity contribution in [2.45, 2.75) is 0 Å². The molecular formula is C19H21NO8. The molecule has 9 nitrogen and oxygen atoms in total. The predicted molar refractivity (Wildman–Crippen MR) is 100 cm³/mol. The van der Waals surface area contributed by atoms with Gasteiger partial charge in [0, 0.05) is 6.07 Å². The molecule has 0 spiro atoms. The number of nitrogens with one attached hydrogen (secondary N) is 1. The van der Waals surface area contributed by atoms with Crippen molar-refractivity contribution in [1.29, 1.82) is 0 Å². The normalized spacial score (nSPS) is 10.0. The number of hydrogen-bond donors (Lipinski definition) is 2. The molecule has 1 amide bonds. The Morgan fingerprint density at radius 2 is 1.50 bits per heavy atom. The maximum absolute atomic E-state index is 12.3. The first-order valence-corrected chi connectivity index (χ1v) is 8.07. The molecule has 150 valence electrons. The van der Waals surface area contributed by atoms with Crippen LogP contribution in [-0.4, -0.2) is 52.0 Å². The third-order valence-corrected chi connectivity index (χ3v) is 3.74. The van der Waals surface area contributed by atoms with Crippen LogP contribution >= 0.6 is 0 Å². The van der Waals surface area contributed by atoms with Crippen molar-refractivity contribution in [3.05, 3.63) is 35.9 Å². The molecule has 0 saturated carbocycles. The van der Waals surface area contributed by atoms with Crippen LogP contribution in [0.1, 0.15) is 10.4 Å². The lowest BCUT2D eigenvalue weighted by Crippen LogP contribution is -2.21. The highest BCUT2D eigenvalue weighted by Gasteiger charge is 2.19. The lowest BCUT2D eigenvalue weighted by atomic mass is 10.2. The summed E-state index contributed by atoms with van der Waals surface area (Å²) in [5.41, 5.74) is 0.408. The van der Waals surface area contributed by atoms with Gasteiger partial charge in [0.2, 0.25) is 5.75 Å². The van der Waals surface area contributed by atoms with Crippen LogP contribution < -0.4 is 29.0 Å². The van der Waals surface area contributed by atoms with E-state index in [0.717, 1.165) is 0 Å². The smallest absolute Gasteiger partial charge is 0.335 e. The van der Waals surface area contributed by atoms with Gasteiger partial charge in [-0.3, -0.25) is 4.79 Å². The fourth-order valence-electron chi connectivity index (χ4n) is 2.37. The first-order chi connectivity index (χ1) is 13.4. The van der Waals surface area contributed by atoms with Crippen molar-refractivity contribution in [2.75, 3.05) is 40.4 Å². The van der Waals surface area contributed by atoms with E-state index in [1.807, 2.05) is 0 Å². The van der Waals surface area contributed by atoms with Gasteiger partial charge in [0.15, 0.2) is 18.1 Å². The number of benzene rings is 2. The number of amides is 1. The second kappa shape index (κ2) is 9.36. The van der Waals surface area contributed by atoms with Gasteiger partial charge in [-0.05, 0) is 24.3 Å². The van der Waals surface area contributed by atoms with Gasteiger partial charge in [-0.15, -0.1) is 0 Å². The minimum atomic E-state index is -1.15. The van der Waals surface area contributed by atoms with E-state index in [2.05, 4.69) is 5.32 Å². The number of carboxylic acids is 1. The highest BCUT2D eigenvalue weighted by molar-refractivity contribution is 5.93. The number of carboxylic acid groups (broad SMARTS) is 1. The Bertz CT molecular complexity index is 840. The standard InChI is InChI=1S/C19H21NO8/c1-24-12-5-6-13(14(9-12)25-2)20-17(21)10-28-18-15(26-3)7-11(19(22)23)8-16(18)27-4/h5-9H,10H2,1-4H3,(H,20,21)(H,22,23). The maximum Gasteiger partial charge on any atom is 0.335 e. The van der Waals surface area contributed by atoms with E-state index < -0.39 is 11.9 Å². The van der Waals surface area contributed by atoms with E-state index in [-0.39, 0.29) is 29.4 Å². The fourth-order valence-corrected chi connectivity index (χ4v) is 2.37. The van der Waals surface area contributed by atoms with Crippen molar-refractivity contribution in [3.8, 4) is 28.7 Å². The first kappa shape index (κ1) is 20.7. The Kier molecular flexibility index (Phi) is 6.91. The topological polar surface area (TPSA) is 113 Å². The number of rotatable bonds is 9. The SMILES string of the molecule is COc1ccc(NC(=O)COc2c(OC)cc(C(=O)O)cc2OC)c(OC)c1. The van der Waals surface area contributed by atoms with Crippen LogP contribution in [0.4, 0.5) is 5.69 Å². The number of aromatic carboxylic acids is 1. The van der Waals surface area contributed by atoms with Gasteiger partial charge in [-0.2, -0.15) is 0 Å². The number of methoxy groups -OCH3 is 4. The lowest BCUT2D eigenvalue weighted by Gasteiger charge is -2.16. The van der Waals surface area contributed by atoms with Gasteiger partial charge in [-0.1, -0.05) is 0 Å². The Balaban J connectivity index is 2.15.